The quantitative estimate of drug-likeness (QED) is 0.328. The van der Waals surface area contributed by atoms with Crippen LogP contribution in [0.3, 0.4) is 0 Å². The Hall–Kier alpha value is -0.800. The summed E-state index contributed by atoms with van der Waals surface area (Å²) >= 11 is -3.54. The number of hydrogen-bond acceptors (Lipinski definition) is 0. The van der Waals surface area contributed by atoms with E-state index in [0.29, 0.717) is 11.5 Å². The molecule has 0 aromatic heterocycles. The van der Waals surface area contributed by atoms with Crippen molar-refractivity contribution in [2.24, 2.45) is 5.92 Å². The maximum atomic E-state index is 14.8. The second-order valence-electron chi connectivity index (χ2n) is 10.1. The average molecular weight is 573 g/mol. The molecule has 0 bridgehead atoms. The summed E-state index contributed by atoms with van der Waals surface area (Å²) < 4.78 is 35.8. The van der Waals surface area contributed by atoms with Gasteiger partial charge in [-0.05, 0) is 0 Å². The number of allylic oxidation sites excluding steroid dienone is 5. The third-order valence-electron chi connectivity index (χ3n) is 7.68. The molecule has 0 saturated carbocycles. The Kier molecular flexibility index (Phi) is 7.80. The normalized spacial score (nSPS) is 20.6. The minimum absolute atomic E-state index is 0. The Labute approximate surface area is 205 Å². The molecule has 2 aliphatic carbocycles. The molecule has 4 rings (SSSR count). The molecule has 2 aliphatic rings. The standard InChI is InChI=1S/C15H9F2.C9H13.2CH3.2ClH.H2Si.Zr/c16-14-7-3-6-13(15(14)17)12-9-8-10-4-1-2-5-11(10)12;1-6-5-7(2)9(4)8(6)3;;;;;;/h1-9H;6H,1-4H3;2*1H3;2*1H;1H2;. The molecule has 0 nitrogen and oxygen atoms in total. The van der Waals surface area contributed by atoms with Gasteiger partial charge >= 0.3 is 182 Å². The van der Waals surface area contributed by atoms with E-state index >= 15 is 0 Å². The number of fused-ring (bicyclic) bond motifs is 1. The second-order valence-corrected chi connectivity index (χ2v) is 39.7. The molecule has 0 radical (unpaired) electrons. The van der Waals surface area contributed by atoms with Gasteiger partial charge in [0.1, 0.15) is 0 Å². The molecule has 172 valence electrons. The molecule has 2 aromatic rings. The van der Waals surface area contributed by atoms with Crippen LogP contribution in [-0.4, -0.2) is 6.88 Å². The SMILES string of the molecule is CC1=C(C)C(C)[C]([Zr]([CH3])([CH3])(=[SiH2])[CH]2C=C(c3cccc(F)c3F)c3ccccc32)=C1C.Cl.Cl. The van der Waals surface area contributed by atoms with Gasteiger partial charge < -0.3 is 0 Å². The van der Waals surface area contributed by atoms with Gasteiger partial charge in [0.25, 0.3) is 0 Å². The predicted octanol–water partition coefficient (Wildman–Crippen LogP) is 7.89. The molecular formula is C26H32Cl2F2SiZr. The first-order valence-electron chi connectivity index (χ1n) is 10.7. The molecule has 2 atom stereocenters. The van der Waals surface area contributed by atoms with Crippen molar-refractivity contribution in [1.29, 1.82) is 0 Å². The summed E-state index contributed by atoms with van der Waals surface area (Å²) in [4.78, 5) is 0. The molecule has 0 N–H and O–H groups in total. The Morgan fingerprint density at radius 1 is 0.844 bits per heavy atom. The Morgan fingerprint density at radius 2 is 1.44 bits per heavy atom. The van der Waals surface area contributed by atoms with Crippen LogP contribution in [0.25, 0.3) is 5.57 Å². The Balaban J connectivity index is 0.00000181. The van der Waals surface area contributed by atoms with Crippen molar-refractivity contribution in [2.75, 3.05) is 0 Å². The zero-order valence-electron chi connectivity index (χ0n) is 19.6. The van der Waals surface area contributed by atoms with E-state index in [2.05, 4.69) is 68.1 Å². The van der Waals surface area contributed by atoms with Gasteiger partial charge in [-0.25, -0.2) is 0 Å². The molecule has 0 amide bonds. The summed E-state index contributed by atoms with van der Waals surface area (Å²) in [5.41, 5.74) is 7.90. The fraction of sp³-hybridized carbons (Fsp3) is 0.308. The topological polar surface area (TPSA) is 0 Å². The van der Waals surface area contributed by atoms with Gasteiger partial charge in [-0.1, -0.05) is 0 Å². The average Bonchev–Trinajstić information content (AvgIpc) is 3.17. The smallest absolute Gasteiger partial charge is 0.147 e. The molecule has 0 aliphatic heterocycles. The molecule has 2 aromatic carbocycles. The molecular weight excluding hydrogens is 540 g/mol. The second kappa shape index (κ2) is 9.10. The van der Waals surface area contributed by atoms with Crippen LogP contribution < -0.4 is 0 Å². The maximum Gasteiger partial charge on any atom is -0.147 e. The van der Waals surface area contributed by atoms with Crippen molar-refractivity contribution in [3.8, 4) is 0 Å². The first kappa shape index (κ1) is 27.4. The van der Waals surface area contributed by atoms with E-state index < -0.39 is 29.0 Å². The molecule has 32 heavy (non-hydrogen) atoms. The monoisotopic (exact) mass is 570 g/mol. The first-order chi connectivity index (χ1) is 13.9. The van der Waals surface area contributed by atoms with Crippen LogP contribution in [0.15, 0.2) is 68.5 Å². The van der Waals surface area contributed by atoms with Gasteiger partial charge in [-0.2, -0.15) is 0 Å². The Morgan fingerprint density at radius 3 is 2.03 bits per heavy atom. The van der Waals surface area contributed by atoms with Crippen LogP contribution in [0.4, 0.5) is 8.78 Å². The summed E-state index contributed by atoms with van der Waals surface area (Å²) in [5.74, 6) is -1.08. The van der Waals surface area contributed by atoms with E-state index in [1.54, 1.807) is 15.4 Å². The van der Waals surface area contributed by atoms with Gasteiger partial charge in [0.2, 0.25) is 0 Å². The maximum absolute atomic E-state index is 14.8. The van der Waals surface area contributed by atoms with Crippen molar-refractivity contribution in [3.05, 3.63) is 96.9 Å². The van der Waals surface area contributed by atoms with Crippen LogP contribution in [0.5, 0.6) is 0 Å². The van der Waals surface area contributed by atoms with Gasteiger partial charge in [-0.3, -0.25) is 0 Å². The number of benzene rings is 2. The fourth-order valence-corrected chi connectivity index (χ4v) is 24.4. The number of hydrogen-bond donors (Lipinski definition) is 0. The molecule has 0 saturated heterocycles. The van der Waals surface area contributed by atoms with Gasteiger partial charge in [0.05, 0.1) is 0 Å². The van der Waals surface area contributed by atoms with Crippen LogP contribution in [-0.2, 0) is 17.4 Å². The first-order valence-corrected chi connectivity index (χ1v) is 24.1. The van der Waals surface area contributed by atoms with Gasteiger partial charge in [0.15, 0.2) is 0 Å². The molecule has 0 fully saturated rings. The third-order valence-corrected chi connectivity index (χ3v) is 25.0. The summed E-state index contributed by atoms with van der Waals surface area (Å²) in [6.45, 7) is 11.4. The minimum Gasteiger partial charge on any atom is -0.147 e. The van der Waals surface area contributed by atoms with E-state index in [0.717, 1.165) is 11.1 Å². The van der Waals surface area contributed by atoms with Crippen LogP contribution >= 0.6 is 24.8 Å². The fourth-order valence-electron chi connectivity index (χ4n) is 5.93. The van der Waals surface area contributed by atoms with E-state index in [1.807, 2.05) is 6.07 Å². The molecule has 2 unspecified atom stereocenters. The van der Waals surface area contributed by atoms with Crippen LogP contribution in [0.2, 0.25) is 9.26 Å². The van der Waals surface area contributed by atoms with Crippen LogP contribution in [0, 0.1) is 17.6 Å². The van der Waals surface area contributed by atoms with Crippen molar-refractivity contribution in [2.45, 2.75) is 40.6 Å². The van der Waals surface area contributed by atoms with E-state index in [4.69, 9.17) is 0 Å². The third kappa shape index (κ3) is 4.00. The van der Waals surface area contributed by atoms with E-state index in [9.17, 15) is 8.78 Å². The van der Waals surface area contributed by atoms with Crippen molar-refractivity contribution in [3.63, 3.8) is 0 Å². The van der Waals surface area contributed by atoms with Crippen molar-refractivity contribution >= 4 is 37.3 Å². The summed E-state index contributed by atoms with van der Waals surface area (Å²) in [6.07, 6.45) is 2.26. The van der Waals surface area contributed by atoms with Crippen LogP contribution in [0.1, 0.15) is 48.0 Å². The molecule has 0 heterocycles. The van der Waals surface area contributed by atoms with Gasteiger partial charge in [0, 0.05) is 0 Å². The number of rotatable bonds is 3. The predicted molar refractivity (Wildman–Crippen MR) is 138 cm³/mol. The summed E-state index contributed by atoms with van der Waals surface area (Å²) in [5, 5.41) is 0. The summed E-state index contributed by atoms with van der Waals surface area (Å²) in [7, 11) is 0. The van der Waals surface area contributed by atoms with Gasteiger partial charge in [-0.15, -0.1) is 24.8 Å². The summed E-state index contributed by atoms with van der Waals surface area (Å²) in [6, 6.07) is 12.8. The Bertz CT molecular complexity index is 1250. The zero-order valence-corrected chi connectivity index (χ0v) is 25.1. The largest absolute Gasteiger partial charge is 0.147 e. The van der Waals surface area contributed by atoms with Crippen molar-refractivity contribution in [1.82, 2.24) is 0 Å². The minimum atomic E-state index is -3.54. The van der Waals surface area contributed by atoms with E-state index in [1.165, 1.54) is 28.3 Å². The molecule has 6 heteroatoms. The van der Waals surface area contributed by atoms with E-state index in [-0.39, 0.29) is 28.4 Å². The van der Waals surface area contributed by atoms with Crippen molar-refractivity contribution < 1.29 is 26.2 Å². The zero-order chi connectivity index (χ0) is 22.0. The number of halogens is 4. The molecule has 0 spiro atoms.